The number of piperidine rings is 1. The third-order valence-electron chi connectivity index (χ3n) is 7.05. The van der Waals surface area contributed by atoms with Crippen LogP contribution in [0.5, 0.6) is 0 Å². The van der Waals surface area contributed by atoms with Crippen LogP contribution in [0, 0.1) is 34.5 Å². The molecule has 4 rings (SSSR count). The number of fused-ring (bicyclic) bond motifs is 2. The highest BCUT2D eigenvalue weighted by Crippen LogP contribution is 2.56. The molecule has 0 unspecified atom stereocenters. The SMILES string of the molecule is N#C[C@]12CCCC[C@@H]1C[C@H]1CCCC[C@@]1(C#N)N2Cc1cccnc1. The summed E-state index contributed by atoms with van der Waals surface area (Å²) in [6.07, 6.45) is 13.5. The molecule has 4 atom stereocenters. The summed E-state index contributed by atoms with van der Waals surface area (Å²) < 4.78 is 0. The Hall–Kier alpha value is -1.91. The Labute approximate surface area is 150 Å². The van der Waals surface area contributed by atoms with Gasteiger partial charge in [-0.1, -0.05) is 31.7 Å². The van der Waals surface area contributed by atoms with Crippen molar-refractivity contribution in [3.63, 3.8) is 0 Å². The molecule has 3 fully saturated rings. The second kappa shape index (κ2) is 6.43. The number of likely N-dealkylation sites (tertiary alicyclic amines) is 1. The van der Waals surface area contributed by atoms with Crippen LogP contribution in [-0.4, -0.2) is 21.0 Å². The molecule has 0 radical (unpaired) electrons. The molecule has 0 bridgehead atoms. The lowest BCUT2D eigenvalue weighted by Gasteiger charge is -2.61. The highest BCUT2D eigenvalue weighted by Gasteiger charge is 2.61. The molecule has 0 spiro atoms. The lowest BCUT2D eigenvalue weighted by molar-refractivity contribution is -0.117. The van der Waals surface area contributed by atoms with E-state index >= 15 is 0 Å². The van der Waals surface area contributed by atoms with Crippen molar-refractivity contribution in [1.82, 2.24) is 9.88 Å². The average Bonchev–Trinajstić information content (AvgIpc) is 2.68. The lowest BCUT2D eigenvalue weighted by atomic mass is 9.57. The smallest absolute Gasteiger partial charge is 0.113 e. The van der Waals surface area contributed by atoms with Gasteiger partial charge in [0.05, 0.1) is 12.1 Å². The van der Waals surface area contributed by atoms with Crippen LogP contribution in [0.1, 0.15) is 63.4 Å². The van der Waals surface area contributed by atoms with E-state index in [0.29, 0.717) is 18.4 Å². The summed E-state index contributed by atoms with van der Waals surface area (Å²) in [6, 6.07) is 9.50. The van der Waals surface area contributed by atoms with E-state index in [1.165, 1.54) is 12.8 Å². The fourth-order valence-corrected chi connectivity index (χ4v) is 5.86. The minimum atomic E-state index is -0.475. The molecule has 25 heavy (non-hydrogen) atoms. The maximum Gasteiger partial charge on any atom is 0.113 e. The van der Waals surface area contributed by atoms with Gasteiger partial charge in [0.2, 0.25) is 0 Å². The van der Waals surface area contributed by atoms with Gasteiger partial charge in [0.1, 0.15) is 11.1 Å². The topological polar surface area (TPSA) is 63.7 Å². The molecule has 1 aliphatic heterocycles. The van der Waals surface area contributed by atoms with Crippen molar-refractivity contribution in [2.75, 3.05) is 0 Å². The first-order valence-corrected chi connectivity index (χ1v) is 9.74. The summed E-state index contributed by atoms with van der Waals surface area (Å²) in [5.74, 6) is 0.819. The molecule has 1 aromatic heterocycles. The quantitative estimate of drug-likeness (QED) is 0.813. The molecule has 0 N–H and O–H groups in total. The maximum absolute atomic E-state index is 10.3. The standard InChI is InChI=1S/C21H26N4/c22-15-20-9-3-1-7-18(20)12-19-8-2-4-10-21(19,16-23)25(20)14-17-6-5-11-24-13-17/h5-6,11,13,18-19H,1-4,7-10,12,14H2/t18-,19-,20-,21+/m1/s1. The third-order valence-corrected chi connectivity index (χ3v) is 7.05. The van der Waals surface area contributed by atoms with Gasteiger partial charge in [0, 0.05) is 18.9 Å². The van der Waals surface area contributed by atoms with Crippen LogP contribution in [0.2, 0.25) is 0 Å². The van der Waals surface area contributed by atoms with Crippen LogP contribution in [0.4, 0.5) is 0 Å². The summed E-state index contributed by atoms with van der Waals surface area (Å²) >= 11 is 0. The molecule has 130 valence electrons. The number of aromatic nitrogens is 1. The van der Waals surface area contributed by atoms with Gasteiger partial charge in [-0.3, -0.25) is 9.88 Å². The number of hydrogen-bond donors (Lipinski definition) is 0. The monoisotopic (exact) mass is 334 g/mol. The average molecular weight is 334 g/mol. The Morgan fingerprint density at radius 3 is 2.20 bits per heavy atom. The van der Waals surface area contributed by atoms with Crippen LogP contribution in [-0.2, 0) is 6.54 Å². The van der Waals surface area contributed by atoms with Crippen molar-refractivity contribution >= 4 is 0 Å². The van der Waals surface area contributed by atoms with Crippen LogP contribution in [0.25, 0.3) is 0 Å². The van der Waals surface area contributed by atoms with Crippen molar-refractivity contribution in [3.8, 4) is 12.1 Å². The molecular formula is C21H26N4. The van der Waals surface area contributed by atoms with E-state index in [9.17, 15) is 10.5 Å². The minimum Gasteiger partial charge on any atom is -0.264 e. The number of pyridine rings is 1. The number of nitrogens with zero attached hydrogens (tertiary/aromatic N) is 4. The third kappa shape index (κ3) is 2.47. The summed E-state index contributed by atoms with van der Waals surface area (Å²) in [5, 5.41) is 20.6. The van der Waals surface area contributed by atoms with E-state index in [4.69, 9.17) is 0 Å². The van der Waals surface area contributed by atoms with E-state index < -0.39 is 11.1 Å². The summed E-state index contributed by atoms with van der Waals surface area (Å²) in [4.78, 5) is 6.60. The largest absolute Gasteiger partial charge is 0.264 e. The Morgan fingerprint density at radius 1 is 1.04 bits per heavy atom. The predicted molar refractivity (Wildman–Crippen MR) is 95.0 cm³/mol. The summed E-state index contributed by atoms with van der Waals surface area (Å²) in [6.45, 7) is 0.669. The summed E-state index contributed by atoms with van der Waals surface area (Å²) in [7, 11) is 0. The zero-order valence-corrected chi connectivity index (χ0v) is 14.8. The van der Waals surface area contributed by atoms with Crippen molar-refractivity contribution in [2.24, 2.45) is 11.8 Å². The first-order valence-electron chi connectivity index (χ1n) is 9.74. The molecule has 4 nitrogen and oxygen atoms in total. The molecule has 1 saturated heterocycles. The Kier molecular flexibility index (Phi) is 4.26. The molecule has 0 aromatic carbocycles. The zero-order valence-electron chi connectivity index (χ0n) is 14.8. The molecule has 1 aromatic rings. The van der Waals surface area contributed by atoms with Gasteiger partial charge >= 0.3 is 0 Å². The van der Waals surface area contributed by atoms with Crippen molar-refractivity contribution in [3.05, 3.63) is 30.1 Å². The first kappa shape index (κ1) is 16.6. The second-order valence-electron chi connectivity index (χ2n) is 8.14. The van der Waals surface area contributed by atoms with Crippen LogP contribution in [0.3, 0.4) is 0 Å². The second-order valence-corrected chi connectivity index (χ2v) is 8.14. The summed E-state index contributed by atoms with van der Waals surface area (Å²) in [5.41, 5.74) is 0.164. The fourth-order valence-electron chi connectivity index (χ4n) is 5.86. The van der Waals surface area contributed by atoms with Crippen molar-refractivity contribution in [2.45, 2.75) is 75.4 Å². The van der Waals surface area contributed by atoms with Crippen molar-refractivity contribution in [1.29, 1.82) is 10.5 Å². The molecule has 3 aliphatic rings. The Bertz CT molecular complexity index is 663. The highest BCUT2D eigenvalue weighted by molar-refractivity contribution is 5.28. The Balaban J connectivity index is 1.81. The van der Waals surface area contributed by atoms with Crippen LogP contribution < -0.4 is 0 Å². The van der Waals surface area contributed by atoms with Gasteiger partial charge in [0.25, 0.3) is 0 Å². The van der Waals surface area contributed by atoms with Gasteiger partial charge in [-0.25, -0.2) is 0 Å². The lowest BCUT2D eigenvalue weighted by Crippen LogP contribution is -2.70. The van der Waals surface area contributed by atoms with Gasteiger partial charge in [-0.15, -0.1) is 0 Å². The van der Waals surface area contributed by atoms with E-state index in [1.807, 2.05) is 12.3 Å². The van der Waals surface area contributed by atoms with E-state index in [1.54, 1.807) is 6.20 Å². The van der Waals surface area contributed by atoms with Crippen LogP contribution >= 0.6 is 0 Å². The van der Waals surface area contributed by atoms with Gasteiger partial charge < -0.3 is 0 Å². The maximum atomic E-state index is 10.3. The zero-order chi connectivity index (χ0) is 17.3. The Morgan fingerprint density at radius 2 is 1.68 bits per heavy atom. The molecule has 4 heteroatoms. The first-order chi connectivity index (χ1) is 12.2. The highest BCUT2D eigenvalue weighted by atomic mass is 15.3. The van der Waals surface area contributed by atoms with E-state index in [0.717, 1.165) is 50.5 Å². The van der Waals surface area contributed by atoms with Gasteiger partial charge in [0.15, 0.2) is 0 Å². The van der Waals surface area contributed by atoms with Crippen LogP contribution in [0.15, 0.2) is 24.5 Å². The molecular weight excluding hydrogens is 308 g/mol. The predicted octanol–water partition coefficient (Wildman–Crippen LogP) is 4.19. The number of nitriles is 2. The number of hydrogen-bond acceptors (Lipinski definition) is 4. The number of rotatable bonds is 2. The molecule has 2 saturated carbocycles. The normalized spacial score (nSPS) is 38.0. The van der Waals surface area contributed by atoms with Crippen molar-refractivity contribution < 1.29 is 0 Å². The molecule has 2 aliphatic carbocycles. The minimum absolute atomic E-state index is 0.410. The van der Waals surface area contributed by atoms with Gasteiger partial charge in [-0.05, 0) is 55.6 Å². The van der Waals surface area contributed by atoms with E-state index in [-0.39, 0.29) is 0 Å². The molecule has 0 amide bonds. The molecule has 2 heterocycles. The fraction of sp³-hybridized carbons (Fsp3) is 0.667. The van der Waals surface area contributed by atoms with E-state index in [2.05, 4.69) is 28.1 Å². The van der Waals surface area contributed by atoms with Gasteiger partial charge in [-0.2, -0.15) is 10.5 Å².